The highest BCUT2D eigenvalue weighted by Gasteiger charge is 2.31. The summed E-state index contributed by atoms with van der Waals surface area (Å²) in [6.07, 6.45) is 0.0321. The zero-order chi connectivity index (χ0) is 16.8. The van der Waals surface area contributed by atoms with Gasteiger partial charge in [-0.05, 0) is 19.8 Å². The Kier molecular flexibility index (Phi) is 7.35. The number of carbonyl (C=O) groups is 3. The Morgan fingerprint density at radius 2 is 1.71 bits per heavy atom. The topological polar surface area (TPSA) is 105 Å². The van der Waals surface area contributed by atoms with E-state index in [4.69, 9.17) is 0 Å². The highest BCUT2D eigenvalue weighted by molar-refractivity contribution is 5.90. The normalized spacial score (nSPS) is 14.3. The Bertz CT molecular complexity index is 387. The fraction of sp³-hybridized carbons (Fsp3) is 0.786. The Hall–Kier alpha value is -1.63. The number of rotatable bonds is 7. The molecular formula is C14H26N2O5. The zero-order valence-corrected chi connectivity index (χ0v) is 13.5. The van der Waals surface area contributed by atoms with Gasteiger partial charge in [0.05, 0.1) is 12.7 Å². The van der Waals surface area contributed by atoms with Crippen LogP contribution in [0.2, 0.25) is 0 Å². The molecule has 0 saturated heterocycles. The van der Waals surface area contributed by atoms with Gasteiger partial charge in [-0.25, -0.2) is 4.79 Å². The van der Waals surface area contributed by atoms with Crippen LogP contribution in [0.4, 0.5) is 0 Å². The maximum absolute atomic E-state index is 12.2. The van der Waals surface area contributed by atoms with Gasteiger partial charge in [0.15, 0.2) is 0 Å². The maximum Gasteiger partial charge on any atom is 0.328 e. The van der Waals surface area contributed by atoms with Gasteiger partial charge in [0, 0.05) is 13.3 Å². The van der Waals surface area contributed by atoms with Crippen LogP contribution in [0, 0.1) is 5.92 Å². The van der Waals surface area contributed by atoms with E-state index in [-0.39, 0.29) is 12.3 Å². The molecule has 0 heterocycles. The number of hydrogen-bond donors (Lipinski definition) is 3. The van der Waals surface area contributed by atoms with Gasteiger partial charge >= 0.3 is 5.97 Å². The molecule has 0 aliphatic rings. The van der Waals surface area contributed by atoms with Gasteiger partial charge in [-0.1, -0.05) is 13.8 Å². The molecular weight excluding hydrogens is 276 g/mol. The number of esters is 1. The number of carbonyl (C=O) groups excluding carboxylic acids is 3. The van der Waals surface area contributed by atoms with Gasteiger partial charge in [-0.3, -0.25) is 9.59 Å². The third kappa shape index (κ3) is 7.65. The van der Waals surface area contributed by atoms with Crippen LogP contribution in [-0.2, 0) is 19.1 Å². The molecule has 2 atom stereocenters. The molecule has 0 aromatic heterocycles. The van der Waals surface area contributed by atoms with E-state index in [0.29, 0.717) is 0 Å². The molecule has 122 valence electrons. The molecule has 21 heavy (non-hydrogen) atoms. The first-order valence-corrected chi connectivity index (χ1v) is 6.85. The van der Waals surface area contributed by atoms with Gasteiger partial charge in [-0.2, -0.15) is 0 Å². The third-order valence-corrected chi connectivity index (χ3v) is 2.82. The Labute approximate surface area is 125 Å². The molecule has 0 bridgehead atoms. The van der Waals surface area contributed by atoms with E-state index in [1.807, 2.05) is 0 Å². The summed E-state index contributed by atoms with van der Waals surface area (Å²) in [6.45, 7) is 7.89. The minimum absolute atomic E-state index is 0.0321. The Morgan fingerprint density at radius 1 is 1.19 bits per heavy atom. The van der Waals surface area contributed by atoms with Crippen molar-refractivity contribution in [1.82, 2.24) is 10.6 Å². The first kappa shape index (κ1) is 19.4. The Balaban J connectivity index is 5.01. The van der Waals surface area contributed by atoms with Crippen LogP contribution in [0.1, 0.15) is 41.0 Å². The molecule has 0 aromatic rings. The lowest BCUT2D eigenvalue weighted by Gasteiger charge is -2.27. The zero-order valence-electron chi connectivity index (χ0n) is 13.5. The molecule has 7 nitrogen and oxygen atoms in total. The number of ether oxygens (including phenoxy) is 1. The second-order valence-corrected chi connectivity index (χ2v) is 6.02. The molecule has 3 N–H and O–H groups in total. The molecule has 0 fully saturated rings. The average Bonchev–Trinajstić information content (AvgIpc) is 2.31. The summed E-state index contributed by atoms with van der Waals surface area (Å²) in [4.78, 5) is 35.1. The summed E-state index contributed by atoms with van der Waals surface area (Å²) < 4.78 is 4.65. The third-order valence-electron chi connectivity index (χ3n) is 2.82. The van der Waals surface area contributed by atoms with Crippen molar-refractivity contribution in [2.75, 3.05) is 7.11 Å². The number of amides is 2. The van der Waals surface area contributed by atoms with Crippen LogP contribution < -0.4 is 10.6 Å². The van der Waals surface area contributed by atoms with Gasteiger partial charge in [0.2, 0.25) is 11.8 Å². The minimum Gasteiger partial charge on any atom is -0.467 e. The summed E-state index contributed by atoms with van der Waals surface area (Å²) >= 11 is 0. The molecule has 7 heteroatoms. The van der Waals surface area contributed by atoms with Crippen molar-refractivity contribution in [3.05, 3.63) is 0 Å². The summed E-state index contributed by atoms with van der Waals surface area (Å²) in [6, 6.07) is -1.73. The number of nitrogens with one attached hydrogen (secondary N) is 2. The van der Waals surface area contributed by atoms with Crippen LogP contribution >= 0.6 is 0 Å². The van der Waals surface area contributed by atoms with Crippen LogP contribution in [-0.4, -0.2) is 47.7 Å². The number of aliphatic hydroxyl groups is 1. The van der Waals surface area contributed by atoms with Crippen molar-refractivity contribution in [2.24, 2.45) is 5.92 Å². The van der Waals surface area contributed by atoms with Crippen LogP contribution in [0.5, 0.6) is 0 Å². The predicted octanol–water partition coefficient (Wildman–Crippen LogP) is -0.0341. The molecule has 0 radical (unpaired) electrons. The predicted molar refractivity (Wildman–Crippen MR) is 77.3 cm³/mol. The molecule has 0 aliphatic carbocycles. The lowest BCUT2D eigenvalue weighted by Crippen LogP contribution is -2.54. The molecule has 0 spiro atoms. The second-order valence-electron chi connectivity index (χ2n) is 6.02. The van der Waals surface area contributed by atoms with Gasteiger partial charge in [0.1, 0.15) is 12.1 Å². The van der Waals surface area contributed by atoms with E-state index in [1.165, 1.54) is 27.9 Å². The summed E-state index contributed by atoms with van der Waals surface area (Å²) in [5, 5.41) is 14.9. The van der Waals surface area contributed by atoms with Crippen LogP contribution in [0.25, 0.3) is 0 Å². The second kappa shape index (κ2) is 7.97. The number of methoxy groups -OCH3 is 1. The van der Waals surface area contributed by atoms with Crippen molar-refractivity contribution in [3.63, 3.8) is 0 Å². The van der Waals surface area contributed by atoms with Crippen molar-refractivity contribution < 1.29 is 24.2 Å². The van der Waals surface area contributed by atoms with Crippen molar-refractivity contribution >= 4 is 17.8 Å². The highest BCUT2D eigenvalue weighted by atomic mass is 16.5. The quantitative estimate of drug-likeness (QED) is 0.573. The molecule has 0 aliphatic heterocycles. The van der Waals surface area contributed by atoms with Crippen molar-refractivity contribution in [2.45, 2.75) is 58.7 Å². The SMILES string of the molecule is COC(=O)[C@@H](NC(=O)[C@H](CC(C)(C)O)NC(C)=O)C(C)C. The smallest absolute Gasteiger partial charge is 0.328 e. The lowest BCUT2D eigenvalue weighted by atomic mass is 9.97. The van der Waals surface area contributed by atoms with E-state index in [1.54, 1.807) is 13.8 Å². The first-order chi connectivity index (χ1) is 9.47. The van der Waals surface area contributed by atoms with Gasteiger partial charge < -0.3 is 20.5 Å². The van der Waals surface area contributed by atoms with E-state index in [9.17, 15) is 19.5 Å². The van der Waals surface area contributed by atoms with E-state index < -0.39 is 35.5 Å². The molecule has 2 amide bonds. The molecule has 0 saturated carbocycles. The fourth-order valence-corrected chi connectivity index (χ4v) is 1.83. The summed E-state index contributed by atoms with van der Waals surface area (Å²) in [7, 11) is 1.24. The van der Waals surface area contributed by atoms with E-state index in [2.05, 4.69) is 15.4 Å². The van der Waals surface area contributed by atoms with Crippen molar-refractivity contribution in [3.8, 4) is 0 Å². The van der Waals surface area contributed by atoms with Crippen LogP contribution in [0.3, 0.4) is 0 Å². The Morgan fingerprint density at radius 3 is 2.05 bits per heavy atom. The first-order valence-electron chi connectivity index (χ1n) is 6.85. The van der Waals surface area contributed by atoms with Crippen molar-refractivity contribution in [1.29, 1.82) is 0 Å². The van der Waals surface area contributed by atoms with Gasteiger partial charge in [-0.15, -0.1) is 0 Å². The minimum atomic E-state index is -1.14. The largest absolute Gasteiger partial charge is 0.467 e. The highest BCUT2D eigenvalue weighted by Crippen LogP contribution is 2.12. The molecule has 0 aromatic carbocycles. The summed E-state index contributed by atoms with van der Waals surface area (Å²) in [5.41, 5.74) is -1.14. The molecule has 0 unspecified atom stereocenters. The van der Waals surface area contributed by atoms with Crippen LogP contribution in [0.15, 0.2) is 0 Å². The lowest BCUT2D eigenvalue weighted by molar-refractivity contribution is -0.146. The van der Waals surface area contributed by atoms with E-state index >= 15 is 0 Å². The number of hydrogen-bond acceptors (Lipinski definition) is 5. The fourth-order valence-electron chi connectivity index (χ4n) is 1.83. The van der Waals surface area contributed by atoms with Gasteiger partial charge in [0.25, 0.3) is 0 Å². The standard InChI is InChI=1S/C14H26N2O5/c1-8(2)11(13(19)21-6)16-12(18)10(15-9(3)17)7-14(4,5)20/h8,10-11,20H,7H2,1-6H3,(H,15,17)(H,16,18)/t10-,11-/m0/s1. The maximum atomic E-state index is 12.2. The monoisotopic (exact) mass is 302 g/mol. The molecule has 0 rings (SSSR count). The average molecular weight is 302 g/mol. The van der Waals surface area contributed by atoms with E-state index in [0.717, 1.165) is 0 Å². The summed E-state index contributed by atoms with van der Waals surface area (Å²) in [5.74, 6) is -1.64.